The predicted molar refractivity (Wildman–Crippen MR) is 90.5 cm³/mol. The van der Waals surface area contributed by atoms with E-state index in [1.54, 1.807) is 11.9 Å². The van der Waals surface area contributed by atoms with Gasteiger partial charge in [-0.3, -0.25) is 0 Å². The highest BCUT2D eigenvalue weighted by Crippen LogP contribution is 2.26. The molecule has 128 valence electrons. The van der Waals surface area contributed by atoms with Gasteiger partial charge in [0.25, 0.3) is 0 Å². The van der Waals surface area contributed by atoms with Gasteiger partial charge in [0.05, 0.1) is 12.1 Å². The summed E-state index contributed by atoms with van der Waals surface area (Å²) in [4.78, 5) is 13.9. The number of hydrogen-bond acceptors (Lipinski definition) is 3. The maximum Gasteiger partial charge on any atom is 0.317 e. The first-order chi connectivity index (χ1) is 11.0. The topological polar surface area (TPSA) is 61.8 Å². The first-order valence-corrected chi connectivity index (χ1v) is 8.38. The minimum atomic E-state index is -0.275. The SMILES string of the molecule is C[C@@H](NC(=O)N(C)C[C@@H]1CCC[C@@H]1O)[C@@H](C)Oc1ccccc1. The van der Waals surface area contributed by atoms with Crippen LogP contribution < -0.4 is 10.1 Å². The predicted octanol–water partition coefficient (Wildman–Crippen LogP) is 2.64. The lowest BCUT2D eigenvalue weighted by atomic mass is 10.1. The Labute approximate surface area is 138 Å². The Bertz CT molecular complexity index is 494. The van der Waals surface area contributed by atoms with Crippen molar-refractivity contribution in [2.75, 3.05) is 13.6 Å². The average molecular weight is 320 g/mol. The van der Waals surface area contributed by atoms with E-state index in [9.17, 15) is 9.90 Å². The zero-order valence-electron chi connectivity index (χ0n) is 14.2. The van der Waals surface area contributed by atoms with Crippen LogP contribution in [0.2, 0.25) is 0 Å². The van der Waals surface area contributed by atoms with E-state index in [4.69, 9.17) is 4.74 Å². The largest absolute Gasteiger partial charge is 0.489 e. The molecule has 5 heteroatoms. The number of carbonyl (C=O) groups is 1. The number of hydrogen-bond donors (Lipinski definition) is 2. The smallest absolute Gasteiger partial charge is 0.317 e. The van der Waals surface area contributed by atoms with Gasteiger partial charge in [-0.2, -0.15) is 0 Å². The van der Waals surface area contributed by atoms with Crippen LogP contribution >= 0.6 is 0 Å². The highest BCUT2D eigenvalue weighted by molar-refractivity contribution is 5.74. The summed E-state index contributed by atoms with van der Waals surface area (Å²) in [6.45, 7) is 4.47. The van der Waals surface area contributed by atoms with Gasteiger partial charge in [0, 0.05) is 19.5 Å². The molecular weight excluding hydrogens is 292 g/mol. The van der Waals surface area contributed by atoms with Crippen LogP contribution in [-0.4, -0.2) is 47.9 Å². The molecule has 0 heterocycles. The Morgan fingerprint density at radius 2 is 2.04 bits per heavy atom. The molecule has 2 N–H and O–H groups in total. The number of urea groups is 1. The van der Waals surface area contributed by atoms with Crippen molar-refractivity contribution in [1.82, 2.24) is 10.2 Å². The van der Waals surface area contributed by atoms with E-state index in [2.05, 4.69) is 5.32 Å². The molecule has 5 nitrogen and oxygen atoms in total. The fourth-order valence-electron chi connectivity index (χ4n) is 2.90. The quantitative estimate of drug-likeness (QED) is 0.847. The van der Waals surface area contributed by atoms with Crippen LogP contribution in [0.1, 0.15) is 33.1 Å². The Morgan fingerprint density at radius 3 is 2.65 bits per heavy atom. The van der Waals surface area contributed by atoms with Crippen molar-refractivity contribution < 1.29 is 14.6 Å². The minimum Gasteiger partial charge on any atom is -0.489 e. The summed E-state index contributed by atoms with van der Waals surface area (Å²) in [5.74, 6) is 0.988. The van der Waals surface area contributed by atoms with Gasteiger partial charge < -0.3 is 20.1 Å². The Balaban J connectivity index is 1.78. The lowest BCUT2D eigenvalue weighted by Gasteiger charge is -2.27. The number of aliphatic hydroxyl groups excluding tert-OH is 1. The molecule has 0 radical (unpaired) electrons. The number of carbonyl (C=O) groups excluding carboxylic acids is 1. The molecule has 1 fully saturated rings. The third kappa shape index (κ3) is 5.13. The molecule has 0 unspecified atom stereocenters. The van der Waals surface area contributed by atoms with E-state index >= 15 is 0 Å². The van der Waals surface area contributed by atoms with Crippen LogP contribution in [0, 0.1) is 5.92 Å². The number of aliphatic hydroxyl groups is 1. The average Bonchev–Trinajstić information content (AvgIpc) is 2.93. The van der Waals surface area contributed by atoms with Gasteiger partial charge in [0.2, 0.25) is 0 Å². The van der Waals surface area contributed by atoms with Crippen LogP contribution in [0.5, 0.6) is 5.75 Å². The van der Waals surface area contributed by atoms with Crippen molar-refractivity contribution >= 4 is 6.03 Å². The molecule has 2 rings (SSSR count). The molecule has 0 bridgehead atoms. The van der Waals surface area contributed by atoms with E-state index in [1.165, 1.54) is 0 Å². The first-order valence-electron chi connectivity index (χ1n) is 8.38. The lowest BCUT2D eigenvalue weighted by Crippen LogP contribution is -2.48. The summed E-state index contributed by atoms with van der Waals surface area (Å²) < 4.78 is 5.83. The van der Waals surface area contributed by atoms with Crippen LogP contribution in [0.25, 0.3) is 0 Å². The highest BCUT2D eigenvalue weighted by Gasteiger charge is 2.28. The number of benzene rings is 1. The van der Waals surface area contributed by atoms with Crippen molar-refractivity contribution in [2.24, 2.45) is 5.92 Å². The van der Waals surface area contributed by atoms with E-state index in [1.807, 2.05) is 44.2 Å². The highest BCUT2D eigenvalue weighted by atomic mass is 16.5. The van der Waals surface area contributed by atoms with Gasteiger partial charge in [0.1, 0.15) is 11.9 Å². The standard InChI is InChI=1S/C18H28N2O3/c1-13(14(2)23-16-9-5-4-6-10-16)19-18(22)20(3)12-15-8-7-11-17(15)21/h4-6,9-10,13-15,17,21H,7-8,11-12H2,1-3H3,(H,19,22)/t13-,14-,15+,17+/m1/s1. The minimum absolute atomic E-state index is 0.112. The summed E-state index contributed by atoms with van der Waals surface area (Å²) >= 11 is 0. The van der Waals surface area contributed by atoms with Gasteiger partial charge in [-0.05, 0) is 38.8 Å². The third-order valence-electron chi connectivity index (χ3n) is 4.59. The van der Waals surface area contributed by atoms with Crippen molar-refractivity contribution in [3.05, 3.63) is 30.3 Å². The maximum absolute atomic E-state index is 12.3. The van der Waals surface area contributed by atoms with Gasteiger partial charge in [0.15, 0.2) is 0 Å². The molecule has 1 aromatic carbocycles. The number of amides is 2. The Kier molecular flexibility index (Phi) is 6.28. The van der Waals surface area contributed by atoms with Crippen molar-refractivity contribution in [3.8, 4) is 5.75 Å². The second-order valence-corrected chi connectivity index (χ2v) is 6.51. The molecule has 2 amide bonds. The zero-order chi connectivity index (χ0) is 16.8. The maximum atomic E-state index is 12.3. The van der Waals surface area contributed by atoms with Gasteiger partial charge in [-0.1, -0.05) is 24.6 Å². The zero-order valence-corrected chi connectivity index (χ0v) is 14.2. The fourth-order valence-corrected chi connectivity index (χ4v) is 2.90. The molecule has 0 aliphatic heterocycles. The second kappa shape index (κ2) is 8.20. The van der Waals surface area contributed by atoms with Gasteiger partial charge >= 0.3 is 6.03 Å². The van der Waals surface area contributed by atoms with Crippen LogP contribution in [0.15, 0.2) is 30.3 Å². The second-order valence-electron chi connectivity index (χ2n) is 6.51. The van der Waals surface area contributed by atoms with Crippen LogP contribution in [0.4, 0.5) is 4.79 Å². The molecule has 23 heavy (non-hydrogen) atoms. The normalized spacial score (nSPS) is 23.1. The molecule has 1 aromatic rings. The third-order valence-corrected chi connectivity index (χ3v) is 4.59. The molecule has 1 aliphatic rings. The number of nitrogens with zero attached hydrogens (tertiary/aromatic N) is 1. The van der Waals surface area contributed by atoms with E-state index < -0.39 is 0 Å². The number of para-hydroxylation sites is 1. The molecule has 1 aliphatic carbocycles. The van der Waals surface area contributed by atoms with E-state index in [0.717, 1.165) is 25.0 Å². The Hall–Kier alpha value is -1.75. The summed E-state index contributed by atoms with van der Waals surface area (Å²) in [6.07, 6.45) is 2.47. The number of rotatable bonds is 6. The lowest BCUT2D eigenvalue weighted by molar-refractivity contribution is 0.111. The number of nitrogens with one attached hydrogen (secondary N) is 1. The molecule has 0 aromatic heterocycles. The summed E-state index contributed by atoms with van der Waals surface area (Å²) in [5, 5.41) is 12.8. The van der Waals surface area contributed by atoms with Crippen molar-refractivity contribution in [1.29, 1.82) is 0 Å². The van der Waals surface area contributed by atoms with Crippen LogP contribution in [-0.2, 0) is 0 Å². The number of ether oxygens (including phenoxy) is 1. The summed E-state index contributed by atoms with van der Waals surface area (Å²) in [7, 11) is 1.77. The Morgan fingerprint density at radius 1 is 1.35 bits per heavy atom. The molecule has 4 atom stereocenters. The molecule has 1 saturated carbocycles. The van der Waals surface area contributed by atoms with E-state index in [0.29, 0.717) is 6.54 Å². The van der Waals surface area contributed by atoms with Crippen molar-refractivity contribution in [3.63, 3.8) is 0 Å². The van der Waals surface area contributed by atoms with E-state index in [-0.39, 0.29) is 30.2 Å². The summed E-state index contributed by atoms with van der Waals surface area (Å²) in [5.41, 5.74) is 0. The van der Waals surface area contributed by atoms with Crippen molar-refractivity contribution in [2.45, 2.75) is 51.4 Å². The van der Waals surface area contributed by atoms with Gasteiger partial charge in [-0.15, -0.1) is 0 Å². The van der Waals surface area contributed by atoms with Crippen LogP contribution in [0.3, 0.4) is 0 Å². The fraction of sp³-hybridized carbons (Fsp3) is 0.611. The molecular formula is C18H28N2O3. The van der Waals surface area contributed by atoms with Gasteiger partial charge in [-0.25, -0.2) is 4.79 Å². The summed E-state index contributed by atoms with van der Waals surface area (Å²) in [6, 6.07) is 9.35. The molecule has 0 spiro atoms. The monoisotopic (exact) mass is 320 g/mol. The first kappa shape index (κ1) is 17.6. The molecule has 0 saturated heterocycles.